The zero-order valence-electron chi connectivity index (χ0n) is 21.6. The summed E-state index contributed by atoms with van der Waals surface area (Å²) in [5.41, 5.74) is 1.69. The summed E-state index contributed by atoms with van der Waals surface area (Å²) in [7, 11) is 0. The number of carbonyl (C=O) groups excluding carboxylic acids is 2. The maximum atomic E-state index is 13.1. The molecule has 0 radical (unpaired) electrons. The van der Waals surface area contributed by atoms with Gasteiger partial charge in [0.15, 0.2) is 0 Å². The summed E-state index contributed by atoms with van der Waals surface area (Å²) < 4.78 is 0. The molecular weight excluding hydrogens is 494 g/mol. The lowest BCUT2D eigenvalue weighted by molar-refractivity contribution is -0.384. The van der Waals surface area contributed by atoms with Gasteiger partial charge in [0.25, 0.3) is 17.5 Å². The third-order valence-corrected chi connectivity index (χ3v) is 6.12. The van der Waals surface area contributed by atoms with Crippen molar-refractivity contribution >= 4 is 40.5 Å². The molecule has 3 aromatic rings. The standard InChI is InChI=1S/C28H30ClN3O5/c1-27(2,3)21-13-16(14-22(24(21)33)28(4,5)6)25(34)30-17-7-9-18(10-8-17)31-26(35)20-15-19(32(36)37)11-12-23(20)29/h7-15,33H,1-6H3,(H,30,34)(H,31,35). The average Bonchev–Trinajstić information content (AvgIpc) is 2.79. The van der Waals surface area contributed by atoms with Crippen molar-refractivity contribution in [2.45, 2.75) is 52.4 Å². The number of hydrogen-bond acceptors (Lipinski definition) is 5. The van der Waals surface area contributed by atoms with Crippen LogP contribution in [0, 0.1) is 10.1 Å². The summed E-state index contributed by atoms with van der Waals surface area (Å²) in [6.45, 7) is 11.9. The van der Waals surface area contributed by atoms with Crippen LogP contribution in [0.1, 0.15) is 73.4 Å². The largest absolute Gasteiger partial charge is 0.507 e. The molecule has 0 unspecified atom stereocenters. The van der Waals surface area contributed by atoms with Crippen LogP contribution in [0.3, 0.4) is 0 Å². The van der Waals surface area contributed by atoms with Gasteiger partial charge in [0.05, 0.1) is 15.5 Å². The van der Waals surface area contributed by atoms with Crippen LogP contribution in [0.2, 0.25) is 5.02 Å². The van der Waals surface area contributed by atoms with Crippen LogP contribution in [-0.4, -0.2) is 21.8 Å². The number of anilines is 2. The highest BCUT2D eigenvalue weighted by atomic mass is 35.5. The molecule has 194 valence electrons. The van der Waals surface area contributed by atoms with Crippen molar-refractivity contribution < 1.29 is 19.6 Å². The van der Waals surface area contributed by atoms with Gasteiger partial charge in [0.2, 0.25) is 0 Å². The Morgan fingerprint density at radius 2 is 1.27 bits per heavy atom. The highest BCUT2D eigenvalue weighted by Gasteiger charge is 2.28. The molecule has 3 rings (SSSR count). The number of nitro benzene ring substituents is 1. The summed E-state index contributed by atoms with van der Waals surface area (Å²) in [6, 6.07) is 13.5. The molecule has 9 heteroatoms. The van der Waals surface area contributed by atoms with Gasteiger partial charge in [-0.1, -0.05) is 53.1 Å². The second-order valence-corrected chi connectivity index (χ2v) is 11.2. The van der Waals surface area contributed by atoms with E-state index >= 15 is 0 Å². The number of phenolic OH excluding ortho intramolecular Hbond substituents is 1. The van der Waals surface area contributed by atoms with E-state index in [-0.39, 0.29) is 38.8 Å². The van der Waals surface area contributed by atoms with Crippen LogP contribution >= 0.6 is 11.6 Å². The van der Waals surface area contributed by atoms with E-state index in [0.717, 1.165) is 6.07 Å². The molecule has 0 saturated heterocycles. The fourth-order valence-corrected chi connectivity index (χ4v) is 3.95. The molecule has 0 spiro atoms. The lowest BCUT2D eigenvalue weighted by atomic mass is 9.78. The fourth-order valence-electron chi connectivity index (χ4n) is 3.75. The minimum absolute atomic E-state index is 0.0233. The van der Waals surface area contributed by atoms with E-state index in [1.165, 1.54) is 12.1 Å². The Hall–Kier alpha value is -3.91. The Bertz CT molecular complexity index is 1340. The first-order valence-electron chi connectivity index (χ1n) is 11.6. The highest BCUT2D eigenvalue weighted by Crippen LogP contribution is 2.40. The smallest absolute Gasteiger partial charge is 0.270 e. The van der Waals surface area contributed by atoms with Crippen LogP contribution in [0.5, 0.6) is 5.75 Å². The SMILES string of the molecule is CC(C)(C)c1cc(C(=O)Nc2ccc(NC(=O)c3cc([N+](=O)[O-])ccc3Cl)cc2)cc(C(C)(C)C)c1O. The molecule has 0 bridgehead atoms. The molecule has 0 atom stereocenters. The maximum absolute atomic E-state index is 13.1. The predicted octanol–water partition coefficient (Wildman–Crippen LogP) is 7.05. The van der Waals surface area contributed by atoms with E-state index in [1.807, 2.05) is 41.5 Å². The summed E-state index contributed by atoms with van der Waals surface area (Å²) in [4.78, 5) is 36.1. The first-order valence-corrected chi connectivity index (χ1v) is 12.0. The van der Waals surface area contributed by atoms with Crippen molar-refractivity contribution in [3.63, 3.8) is 0 Å². The molecule has 0 fully saturated rings. The van der Waals surface area contributed by atoms with Gasteiger partial charge in [-0.15, -0.1) is 0 Å². The second kappa shape index (κ2) is 10.2. The Labute approximate surface area is 220 Å². The normalized spacial score (nSPS) is 11.6. The molecule has 0 aliphatic rings. The molecule has 0 heterocycles. The van der Waals surface area contributed by atoms with Crippen molar-refractivity contribution in [1.29, 1.82) is 0 Å². The number of phenols is 1. The van der Waals surface area contributed by atoms with Gasteiger partial charge in [-0.2, -0.15) is 0 Å². The Morgan fingerprint density at radius 1 is 0.811 bits per heavy atom. The lowest BCUT2D eigenvalue weighted by Gasteiger charge is -2.28. The fraction of sp³-hybridized carbons (Fsp3) is 0.286. The molecule has 0 saturated carbocycles. The van der Waals surface area contributed by atoms with Gasteiger partial charge in [0, 0.05) is 40.2 Å². The predicted molar refractivity (Wildman–Crippen MR) is 146 cm³/mol. The average molecular weight is 524 g/mol. The van der Waals surface area contributed by atoms with Crippen LogP contribution in [-0.2, 0) is 10.8 Å². The molecule has 2 amide bonds. The minimum Gasteiger partial charge on any atom is -0.507 e. The summed E-state index contributed by atoms with van der Waals surface area (Å²) in [5.74, 6) is -0.740. The molecule has 3 N–H and O–H groups in total. The first kappa shape index (κ1) is 27.7. The number of carbonyl (C=O) groups is 2. The number of halogens is 1. The Kier molecular flexibility index (Phi) is 7.64. The number of nitrogens with one attached hydrogen (secondary N) is 2. The molecule has 3 aromatic carbocycles. The molecule has 8 nitrogen and oxygen atoms in total. The minimum atomic E-state index is -0.604. The number of amides is 2. The van der Waals surface area contributed by atoms with Crippen molar-refractivity contribution in [2.24, 2.45) is 0 Å². The molecule has 0 aliphatic carbocycles. The van der Waals surface area contributed by atoms with Crippen LogP contribution in [0.25, 0.3) is 0 Å². The maximum Gasteiger partial charge on any atom is 0.270 e. The monoisotopic (exact) mass is 523 g/mol. The van der Waals surface area contributed by atoms with Crippen LogP contribution in [0.4, 0.5) is 17.1 Å². The van der Waals surface area contributed by atoms with E-state index in [0.29, 0.717) is 28.1 Å². The third kappa shape index (κ3) is 6.46. The number of benzene rings is 3. The number of rotatable bonds is 5. The number of hydrogen-bond donors (Lipinski definition) is 3. The van der Waals surface area contributed by atoms with Gasteiger partial charge < -0.3 is 15.7 Å². The molecule has 0 aromatic heterocycles. The number of nitro groups is 1. The summed E-state index contributed by atoms with van der Waals surface area (Å²) in [6.07, 6.45) is 0. The van der Waals surface area contributed by atoms with Gasteiger partial charge >= 0.3 is 0 Å². The third-order valence-electron chi connectivity index (χ3n) is 5.79. The molecule has 0 aliphatic heterocycles. The number of non-ortho nitro benzene ring substituents is 1. The zero-order valence-corrected chi connectivity index (χ0v) is 22.4. The number of nitrogens with zero attached hydrogens (tertiary/aromatic N) is 1. The van der Waals surface area contributed by atoms with Gasteiger partial charge in [0.1, 0.15) is 5.75 Å². The van der Waals surface area contributed by atoms with E-state index in [2.05, 4.69) is 10.6 Å². The second-order valence-electron chi connectivity index (χ2n) is 10.8. The van der Waals surface area contributed by atoms with Gasteiger partial charge in [-0.3, -0.25) is 19.7 Å². The van der Waals surface area contributed by atoms with Crippen molar-refractivity contribution in [3.8, 4) is 5.75 Å². The Balaban J connectivity index is 1.81. The van der Waals surface area contributed by atoms with E-state index < -0.39 is 10.8 Å². The lowest BCUT2D eigenvalue weighted by Crippen LogP contribution is -2.20. The topological polar surface area (TPSA) is 122 Å². The molecule has 37 heavy (non-hydrogen) atoms. The quantitative estimate of drug-likeness (QED) is 0.244. The summed E-state index contributed by atoms with van der Waals surface area (Å²) in [5, 5.41) is 27.5. The molecular formula is C28H30ClN3O5. The first-order chi connectivity index (χ1) is 17.1. The van der Waals surface area contributed by atoms with E-state index in [4.69, 9.17) is 11.6 Å². The van der Waals surface area contributed by atoms with E-state index in [1.54, 1.807) is 36.4 Å². The van der Waals surface area contributed by atoms with E-state index in [9.17, 15) is 24.8 Å². The van der Waals surface area contributed by atoms with Crippen molar-refractivity contribution in [2.75, 3.05) is 10.6 Å². The van der Waals surface area contributed by atoms with Gasteiger partial charge in [-0.25, -0.2) is 0 Å². The highest BCUT2D eigenvalue weighted by molar-refractivity contribution is 6.34. The van der Waals surface area contributed by atoms with Crippen molar-refractivity contribution in [3.05, 3.63) is 92.0 Å². The van der Waals surface area contributed by atoms with Gasteiger partial charge in [-0.05, 0) is 53.3 Å². The Morgan fingerprint density at radius 3 is 1.70 bits per heavy atom. The van der Waals surface area contributed by atoms with Crippen LogP contribution in [0.15, 0.2) is 54.6 Å². The number of aromatic hydroxyl groups is 1. The van der Waals surface area contributed by atoms with Crippen molar-refractivity contribution in [1.82, 2.24) is 0 Å². The van der Waals surface area contributed by atoms with Crippen LogP contribution < -0.4 is 10.6 Å². The zero-order chi connectivity index (χ0) is 27.7. The summed E-state index contributed by atoms with van der Waals surface area (Å²) >= 11 is 6.04.